The molecule has 2 N–H and O–H groups in total. The van der Waals surface area contributed by atoms with E-state index in [9.17, 15) is 15.0 Å². The molecule has 1 fully saturated rings. The number of ether oxygens (including phenoxy) is 1. The monoisotopic (exact) mass is 339 g/mol. The van der Waals surface area contributed by atoms with Crippen LogP contribution in [0.25, 0.3) is 6.08 Å². The van der Waals surface area contributed by atoms with Crippen LogP contribution in [0, 0.1) is 0 Å². The summed E-state index contributed by atoms with van der Waals surface area (Å²) in [5.74, 6) is 0.198. The van der Waals surface area contributed by atoms with E-state index >= 15 is 0 Å². The smallest absolute Gasteiger partial charge is 0.185 e. The normalized spacial score (nSPS) is 15.5. The standard InChI is InChI=1S/C20H21NO4/c22-18-6-4-16(5-7-18)19(23)8-2-15-1-3-17(20(24)13-15)14-21-9-11-25-12-10-21/h1-8,13,22,24H,9-12,14H2/b8-2+. The summed E-state index contributed by atoms with van der Waals surface area (Å²) >= 11 is 0. The van der Waals surface area contributed by atoms with Gasteiger partial charge in [-0.1, -0.05) is 18.2 Å². The van der Waals surface area contributed by atoms with E-state index in [-0.39, 0.29) is 17.3 Å². The molecule has 1 aliphatic rings. The van der Waals surface area contributed by atoms with E-state index in [1.54, 1.807) is 24.3 Å². The maximum atomic E-state index is 12.1. The van der Waals surface area contributed by atoms with E-state index in [1.807, 2.05) is 12.1 Å². The molecule has 0 bridgehead atoms. The van der Waals surface area contributed by atoms with Gasteiger partial charge in [0.15, 0.2) is 5.78 Å². The first-order valence-corrected chi connectivity index (χ1v) is 8.25. The van der Waals surface area contributed by atoms with Gasteiger partial charge in [-0.2, -0.15) is 0 Å². The second kappa shape index (κ2) is 7.96. The van der Waals surface area contributed by atoms with Crippen molar-refractivity contribution in [1.82, 2.24) is 4.90 Å². The molecule has 1 saturated heterocycles. The van der Waals surface area contributed by atoms with E-state index in [2.05, 4.69) is 4.90 Å². The number of carbonyl (C=O) groups is 1. The summed E-state index contributed by atoms with van der Waals surface area (Å²) in [4.78, 5) is 14.3. The van der Waals surface area contributed by atoms with Crippen molar-refractivity contribution >= 4 is 11.9 Å². The molecular formula is C20H21NO4. The van der Waals surface area contributed by atoms with Crippen LogP contribution in [-0.2, 0) is 11.3 Å². The Morgan fingerprint density at radius 1 is 1.08 bits per heavy atom. The van der Waals surface area contributed by atoms with Crippen LogP contribution in [-0.4, -0.2) is 47.2 Å². The number of allylic oxidation sites excluding steroid dienone is 1. The van der Waals surface area contributed by atoms with E-state index in [0.29, 0.717) is 12.1 Å². The first-order valence-electron chi connectivity index (χ1n) is 8.25. The lowest BCUT2D eigenvalue weighted by atomic mass is 10.1. The van der Waals surface area contributed by atoms with E-state index < -0.39 is 0 Å². The first kappa shape index (κ1) is 17.2. The molecule has 1 heterocycles. The number of phenolic OH excluding ortho intramolecular Hbond substituents is 2. The quantitative estimate of drug-likeness (QED) is 0.647. The van der Waals surface area contributed by atoms with Crippen LogP contribution in [0.3, 0.4) is 0 Å². The zero-order chi connectivity index (χ0) is 17.6. The van der Waals surface area contributed by atoms with Gasteiger partial charge in [-0.05, 0) is 42.0 Å². The Kier molecular flexibility index (Phi) is 5.48. The van der Waals surface area contributed by atoms with Gasteiger partial charge in [0.1, 0.15) is 11.5 Å². The number of aromatic hydroxyl groups is 2. The molecule has 3 rings (SSSR count). The van der Waals surface area contributed by atoms with Gasteiger partial charge in [-0.3, -0.25) is 9.69 Å². The van der Waals surface area contributed by atoms with Crippen molar-refractivity contribution in [1.29, 1.82) is 0 Å². The number of nitrogens with zero attached hydrogens (tertiary/aromatic N) is 1. The Morgan fingerprint density at radius 2 is 1.80 bits per heavy atom. The molecule has 5 heteroatoms. The second-order valence-corrected chi connectivity index (χ2v) is 6.02. The molecule has 5 nitrogen and oxygen atoms in total. The van der Waals surface area contributed by atoms with Crippen molar-refractivity contribution < 1.29 is 19.7 Å². The van der Waals surface area contributed by atoms with Crippen molar-refractivity contribution in [2.24, 2.45) is 0 Å². The SMILES string of the molecule is O=C(/C=C/c1ccc(CN2CCOCC2)c(O)c1)c1ccc(O)cc1. The molecule has 0 aromatic heterocycles. The largest absolute Gasteiger partial charge is 0.508 e. The third kappa shape index (κ3) is 4.68. The minimum atomic E-state index is -0.156. The highest BCUT2D eigenvalue weighted by Crippen LogP contribution is 2.22. The van der Waals surface area contributed by atoms with Crippen LogP contribution in [0.2, 0.25) is 0 Å². The molecule has 1 aliphatic heterocycles. The van der Waals surface area contributed by atoms with Gasteiger partial charge in [0.05, 0.1) is 13.2 Å². The summed E-state index contributed by atoms with van der Waals surface area (Å²) in [6.07, 6.45) is 3.14. The minimum absolute atomic E-state index is 0.126. The van der Waals surface area contributed by atoms with Crippen LogP contribution < -0.4 is 0 Å². The summed E-state index contributed by atoms with van der Waals surface area (Å²) in [5, 5.41) is 19.5. The Balaban J connectivity index is 1.65. The lowest BCUT2D eigenvalue weighted by Crippen LogP contribution is -2.35. The van der Waals surface area contributed by atoms with E-state index in [1.165, 1.54) is 18.2 Å². The number of morpholine rings is 1. The average Bonchev–Trinajstić information content (AvgIpc) is 2.63. The fourth-order valence-corrected chi connectivity index (χ4v) is 2.71. The summed E-state index contributed by atoms with van der Waals surface area (Å²) in [6.45, 7) is 3.86. The fraction of sp³-hybridized carbons (Fsp3) is 0.250. The predicted molar refractivity (Wildman–Crippen MR) is 95.7 cm³/mol. The number of rotatable bonds is 5. The Labute approximate surface area is 146 Å². The van der Waals surface area contributed by atoms with Gasteiger partial charge >= 0.3 is 0 Å². The van der Waals surface area contributed by atoms with Crippen LogP contribution in [0.15, 0.2) is 48.5 Å². The summed E-state index contributed by atoms with van der Waals surface area (Å²) in [5.41, 5.74) is 2.13. The van der Waals surface area contributed by atoms with Gasteiger partial charge < -0.3 is 14.9 Å². The van der Waals surface area contributed by atoms with Gasteiger partial charge in [0.2, 0.25) is 0 Å². The summed E-state index contributed by atoms with van der Waals surface area (Å²) in [6, 6.07) is 11.5. The third-order valence-electron chi connectivity index (χ3n) is 4.19. The second-order valence-electron chi connectivity index (χ2n) is 6.02. The van der Waals surface area contributed by atoms with E-state index in [0.717, 1.165) is 37.4 Å². The molecule has 0 unspecified atom stereocenters. The Morgan fingerprint density at radius 3 is 2.48 bits per heavy atom. The summed E-state index contributed by atoms with van der Waals surface area (Å²) < 4.78 is 5.33. The molecule has 0 amide bonds. The molecule has 0 atom stereocenters. The average molecular weight is 339 g/mol. The number of hydrogen-bond acceptors (Lipinski definition) is 5. The molecule has 2 aromatic rings. The third-order valence-corrected chi connectivity index (χ3v) is 4.19. The molecule has 0 spiro atoms. The van der Waals surface area contributed by atoms with Crippen molar-refractivity contribution in [2.45, 2.75) is 6.54 Å². The molecule has 0 saturated carbocycles. The minimum Gasteiger partial charge on any atom is -0.508 e. The zero-order valence-electron chi connectivity index (χ0n) is 13.9. The van der Waals surface area contributed by atoms with Crippen LogP contribution >= 0.6 is 0 Å². The van der Waals surface area contributed by atoms with Crippen LogP contribution in [0.5, 0.6) is 11.5 Å². The van der Waals surface area contributed by atoms with Gasteiger partial charge in [0.25, 0.3) is 0 Å². The lowest BCUT2D eigenvalue weighted by molar-refractivity contribution is 0.0339. The predicted octanol–water partition coefficient (Wildman–Crippen LogP) is 2.83. The maximum absolute atomic E-state index is 12.1. The van der Waals surface area contributed by atoms with Gasteiger partial charge in [0, 0.05) is 30.8 Å². The number of carbonyl (C=O) groups excluding carboxylic acids is 1. The van der Waals surface area contributed by atoms with Crippen molar-refractivity contribution in [3.8, 4) is 11.5 Å². The number of ketones is 1. The highest BCUT2D eigenvalue weighted by Gasteiger charge is 2.12. The number of phenols is 2. The number of hydrogen-bond donors (Lipinski definition) is 2. The Bertz CT molecular complexity index is 762. The lowest BCUT2D eigenvalue weighted by Gasteiger charge is -2.26. The zero-order valence-corrected chi connectivity index (χ0v) is 13.9. The van der Waals surface area contributed by atoms with Crippen LogP contribution in [0.4, 0.5) is 0 Å². The van der Waals surface area contributed by atoms with Gasteiger partial charge in [-0.25, -0.2) is 0 Å². The van der Waals surface area contributed by atoms with Gasteiger partial charge in [-0.15, -0.1) is 0 Å². The van der Waals surface area contributed by atoms with Crippen LogP contribution in [0.1, 0.15) is 21.5 Å². The first-order chi connectivity index (χ1) is 12.1. The maximum Gasteiger partial charge on any atom is 0.185 e. The molecule has 2 aromatic carbocycles. The molecule has 0 radical (unpaired) electrons. The highest BCUT2D eigenvalue weighted by atomic mass is 16.5. The van der Waals surface area contributed by atoms with Crippen molar-refractivity contribution in [3.05, 3.63) is 65.2 Å². The Hall–Kier alpha value is -2.63. The summed E-state index contributed by atoms with van der Waals surface area (Å²) in [7, 11) is 0. The van der Waals surface area contributed by atoms with E-state index in [4.69, 9.17) is 4.74 Å². The molecule has 25 heavy (non-hydrogen) atoms. The number of benzene rings is 2. The molecule has 0 aliphatic carbocycles. The van der Waals surface area contributed by atoms with Crippen molar-refractivity contribution in [2.75, 3.05) is 26.3 Å². The fourth-order valence-electron chi connectivity index (χ4n) is 2.71. The highest BCUT2D eigenvalue weighted by molar-refractivity contribution is 6.06. The van der Waals surface area contributed by atoms with Crippen molar-refractivity contribution in [3.63, 3.8) is 0 Å². The topological polar surface area (TPSA) is 70.0 Å². The molecule has 130 valence electrons. The molecular weight excluding hydrogens is 318 g/mol.